The molecule has 0 unspecified atom stereocenters. The Balaban J connectivity index is 3.26. The molecule has 0 saturated heterocycles. The van der Waals surface area contributed by atoms with E-state index in [2.05, 4.69) is 25.4 Å². The van der Waals surface area contributed by atoms with Crippen molar-refractivity contribution in [3.63, 3.8) is 0 Å². The van der Waals surface area contributed by atoms with Crippen LogP contribution in [0.5, 0.6) is 5.75 Å². The van der Waals surface area contributed by atoms with Crippen molar-refractivity contribution in [3.05, 3.63) is 27.7 Å². The molecule has 0 aliphatic rings. The number of hydrogen-bond donors (Lipinski definition) is 0. The molecule has 0 aliphatic carbocycles. The Morgan fingerprint density at radius 3 is 2.58 bits per heavy atom. The zero-order valence-corrected chi connectivity index (χ0v) is 11.1. The van der Waals surface area contributed by atoms with Crippen LogP contribution in [0.15, 0.2) is 16.6 Å². The number of alkyl halides is 3. The molecule has 0 aliphatic heterocycles. The van der Waals surface area contributed by atoms with Crippen LogP contribution in [0.25, 0.3) is 0 Å². The molecular weight excluding hydrogens is 331 g/mol. The van der Waals surface area contributed by atoms with Crippen molar-refractivity contribution in [2.45, 2.75) is 12.8 Å². The zero-order chi connectivity index (χ0) is 14.6. The van der Waals surface area contributed by atoms with Gasteiger partial charge in [-0.1, -0.05) is 15.9 Å². The van der Waals surface area contributed by atoms with Crippen LogP contribution in [0.4, 0.5) is 13.2 Å². The van der Waals surface area contributed by atoms with Gasteiger partial charge >= 0.3 is 12.3 Å². The molecule has 1 rings (SSSR count). The molecule has 4 nitrogen and oxygen atoms in total. The van der Waals surface area contributed by atoms with Crippen molar-refractivity contribution >= 4 is 21.9 Å². The smallest absolute Gasteiger partial charge is 0.469 e. The highest BCUT2D eigenvalue weighted by Gasteiger charge is 2.33. The van der Waals surface area contributed by atoms with Gasteiger partial charge in [0.05, 0.1) is 19.1 Å². The zero-order valence-electron chi connectivity index (χ0n) is 9.55. The second kappa shape index (κ2) is 5.93. The Morgan fingerprint density at radius 2 is 2.11 bits per heavy atom. The minimum Gasteiger partial charge on any atom is -0.469 e. The first-order valence-corrected chi connectivity index (χ1v) is 5.62. The predicted molar refractivity (Wildman–Crippen MR) is 61.3 cm³/mol. The summed E-state index contributed by atoms with van der Waals surface area (Å²) in [7, 11) is 1.14. The van der Waals surface area contributed by atoms with Gasteiger partial charge in [0.15, 0.2) is 0 Å². The number of benzene rings is 1. The topological polar surface area (TPSA) is 59.3 Å². The lowest BCUT2D eigenvalue weighted by Gasteiger charge is -2.13. The lowest BCUT2D eigenvalue weighted by molar-refractivity contribution is -0.274. The minimum atomic E-state index is -4.91. The van der Waals surface area contributed by atoms with Crippen molar-refractivity contribution < 1.29 is 27.4 Å². The van der Waals surface area contributed by atoms with E-state index in [0.29, 0.717) is 4.47 Å². The van der Waals surface area contributed by atoms with E-state index >= 15 is 0 Å². The summed E-state index contributed by atoms with van der Waals surface area (Å²) in [4.78, 5) is 11.2. The monoisotopic (exact) mass is 337 g/mol. The average molecular weight is 338 g/mol. The molecular formula is C11H7BrF3NO3. The number of rotatable bonds is 3. The molecule has 8 heteroatoms. The van der Waals surface area contributed by atoms with Gasteiger partial charge in [0.2, 0.25) is 0 Å². The summed E-state index contributed by atoms with van der Waals surface area (Å²) in [5.74, 6) is -1.33. The standard InChI is InChI=1S/C11H7BrF3NO3/c1-18-10(17)4-6-7(5-16)9(3-2-8(6)12)19-11(13,14)15/h2-3H,4H2,1H3. The molecule has 0 radical (unpaired) electrons. The second-order valence-electron chi connectivity index (χ2n) is 3.31. The number of hydrogen-bond acceptors (Lipinski definition) is 4. The van der Waals surface area contributed by atoms with Gasteiger partial charge in [-0.05, 0) is 17.7 Å². The Labute approximate surface area is 114 Å². The van der Waals surface area contributed by atoms with Gasteiger partial charge in [-0.15, -0.1) is 13.2 Å². The van der Waals surface area contributed by atoms with E-state index in [1.54, 1.807) is 6.07 Å². The van der Waals surface area contributed by atoms with E-state index in [1.807, 2.05) is 0 Å². The SMILES string of the molecule is COC(=O)Cc1c(Br)ccc(OC(F)(F)F)c1C#N. The van der Waals surface area contributed by atoms with Gasteiger partial charge in [0.1, 0.15) is 11.8 Å². The first-order chi connectivity index (χ1) is 8.78. The maximum Gasteiger partial charge on any atom is 0.573 e. The highest BCUT2D eigenvalue weighted by atomic mass is 79.9. The van der Waals surface area contributed by atoms with Crippen LogP contribution in [0.2, 0.25) is 0 Å². The van der Waals surface area contributed by atoms with Crippen molar-refractivity contribution in [2.75, 3.05) is 7.11 Å². The number of methoxy groups -OCH3 is 1. The number of carbonyl (C=O) groups is 1. The van der Waals surface area contributed by atoms with Crippen LogP contribution in [-0.4, -0.2) is 19.4 Å². The van der Waals surface area contributed by atoms with Crippen molar-refractivity contribution in [3.8, 4) is 11.8 Å². The molecule has 0 bridgehead atoms. The minimum absolute atomic E-state index is 0.0797. The van der Waals surface area contributed by atoms with Gasteiger partial charge < -0.3 is 9.47 Å². The maximum absolute atomic E-state index is 12.2. The van der Waals surface area contributed by atoms with Crippen LogP contribution in [0, 0.1) is 11.3 Å². The molecule has 0 N–H and O–H groups in total. The van der Waals surface area contributed by atoms with Crippen molar-refractivity contribution in [1.29, 1.82) is 5.26 Å². The lowest BCUT2D eigenvalue weighted by atomic mass is 10.0. The molecule has 19 heavy (non-hydrogen) atoms. The van der Waals surface area contributed by atoms with Crippen LogP contribution < -0.4 is 4.74 Å². The van der Waals surface area contributed by atoms with Crippen LogP contribution in [0.1, 0.15) is 11.1 Å². The van der Waals surface area contributed by atoms with Crippen LogP contribution >= 0.6 is 15.9 Å². The summed E-state index contributed by atoms with van der Waals surface area (Å²) in [6.07, 6.45) is -5.25. The third kappa shape index (κ3) is 4.13. The first kappa shape index (κ1) is 15.3. The summed E-state index contributed by atoms with van der Waals surface area (Å²) in [6, 6.07) is 3.86. The van der Waals surface area contributed by atoms with Crippen molar-refractivity contribution in [1.82, 2.24) is 0 Å². The quantitative estimate of drug-likeness (QED) is 0.795. The van der Waals surface area contributed by atoms with E-state index in [4.69, 9.17) is 5.26 Å². The number of ether oxygens (including phenoxy) is 2. The highest BCUT2D eigenvalue weighted by molar-refractivity contribution is 9.10. The fourth-order valence-corrected chi connectivity index (χ4v) is 1.79. The van der Waals surface area contributed by atoms with Gasteiger partial charge in [-0.25, -0.2) is 0 Å². The van der Waals surface area contributed by atoms with Gasteiger partial charge in [0, 0.05) is 4.47 Å². The highest BCUT2D eigenvalue weighted by Crippen LogP contribution is 2.32. The van der Waals surface area contributed by atoms with Gasteiger partial charge in [-0.2, -0.15) is 5.26 Å². The van der Waals surface area contributed by atoms with E-state index in [-0.39, 0.29) is 17.5 Å². The normalized spacial score (nSPS) is 10.7. The van der Waals surface area contributed by atoms with Gasteiger partial charge in [-0.3, -0.25) is 4.79 Å². The van der Waals surface area contributed by atoms with E-state index in [1.165, 1.54) is 6.07 Å². The average Bonchev–Trinajstić information content (AvgIpc) is 2.31. The second-order valence-corrected chi connectivity index (χ2v) is 4.17. The number of halogens is 4. The molecule has 1 aromatic carbocycles. The van der Waals surface area contributed by atoms with E-state index in [0.717, 1.165) is 13.2 Å². The Morgan fingerprint density at radius 1 is 1.47 bits per heavy atom. The summed E-state index contributed by atoms with van der Waals surface area (Å²) in [6.45, 7) is 0. The molecule has 0 fully saturated rings. The molecule has 102 valence electrons. The number of esters is 1. The molecule has 1 aromatic rings. The Bertz CT molecular complexity index is 537. The molecule has 0 saturated carbocycles. The number of carbonyl (C=O) groups excluding carboxylic acids is 1. The van der Waals surface area contributed by atoms with Crippen molar-refractivity contribution in [2.24, 2.45) is 0 Å². The maximum atomic E-state index is 12.2. The first-order valence-electron chi connectivity index (χ1n) is 4.82. The van der Waals surface area contributed by atoms with Gasteiger partial charge in [0.25, 0.3) is 0 Å². The van der Waals surface area contributed by atoms with Crippen LogP contribution in [0.3, 0.4) is 0 Å². The van der Waals surface area contributed by atoms with E-state index in [9.17, 15) is 18.0 Å². The molecule has 0 aromatic heterocycles. The van der Waals surface area contributed by atoms with E-state index < -0.39 is 18.1 Å². The van der Waals surface area contributed by atoms with Crippen LogP contribution in [-0.2, 0) is 16.0 Å². The fourth-order valence-electron chi connectivity index (χ4n) is 1.32. The Hall–Kier alpha value is -1.75. The number of nitrogens with zero attached hydrogens (tertiary/aromatic N) is 1. The Kier molecular flexibility index (Phi) is 4.78. The predicted octanol–water partition coefficient (Wildman–Crippen LogP) is 2.93. The third-order valence-electron chi connectivity index (χ3n) is 2.10. The summed E-state index contributed by atoms with van der Waals surface area (Å²) in [5.41, 5.74) is -0.284. The summed E-state index contributed by atoms with van der Waals surface area (Å²) >= 11 is 3.06. The number of nitriles is 1. The molecule has 0 spiro atoms. The molecule has 0 atom stereocenters. The molecule has 0 amide bonds. The lowest BCUT2D eigenvalue weighted by Crippen LogP contribution is -2.18. The summed E-state index contributed by atoms with van der Waals surface area (Å²) in [5, 5.41) is 8.94. The summed E-state index contributed by atoms with van der Waals surface area (Å²) < 4.78 is 45.0. The third-order valence-corrected chi connectivity index (χ3v) is 2.85. The molecule has 0 heterocycles. The largest absolute Gasteiger partial charge is 0.573 e. The fraction of sp³-hybridized carbons (Fsp3) is 0.273.